The standard InChI is InChI=1S/C23H25F3N4O2S2/c1-15-27-20-12-19(6-7-21(20)34-15)32-14-18(31)13-29-8-10-30(11-9-29)28-22(33)16-2-4-17(5-3-16)23(24,25)26/h2-7,12,18,31H,8-11,13-14H2,1H3,(H,28,33)/t18-/m1/s1. The summed E-state index contributed by atoms with van der Waals surface area (Å²) in [6.07, 6.45) is -5.01. The molecule has 0 aliphatic carbocycles. The Morgan fingerprint density at radius 2 is 1.88 bits per heavy atom. The van der Waals surface area contributed by atoms with E-state index in [1.807, 2.05) is 30.1 Å². The van der Waals surface area contributed by atoms with E-state index in [9.17, 15) is 18.3 Å². The minimum absolute atomic E-state index is 0.186. The third kappa shape index (κ3) is 6.42. The smallest absolute Gasteiger partial charge is 0.416 e. The van der Waals surface area contributed by atoms with Gasteiger partial charge in [0.1, 0.15) is 23.4 Å². The lowest BCUT2D eigenvalue weighted by Gasteiger charge is -2.36. The van der Waals surface area contributed by atoms with E-state index in [-0.39, 0.29) is 6.61 Å². The fourth-order valence-electron chi connectivity index (χ4n) is 3.72. The number of halogens is 3. The first-order valence-corrected chi connectivity index (χ1v) is 12.0. The molecule has 1 fully saturated rings. The number of alkyl halides is 3. The van der Waals surface area contributed by atoms with Gasteiger partial charge in [-0.2, -0.15) is 13.2 Å². The summed E-state index contributed by atoms with van der Waals surface area (Å²) in [4.78, 5) is 6.97. The van der Waals surface area contributed by atoms with Crippen LogP contribution in [0.2, 0.25) is 0 Å². The number of piperazine rings is 1. The molecule has 1 aromatic heterocycles. The minimum atomic E-state index is -4.37. The Labute approximate surface area is 204 Å². The highest BCUT2D eigenvalue weighted by atomic mass is 32.1. The van der Waals surface area contributed by atoms with Crippen molar-refractivity contribution in [3.63, 3.8) is 0 Å². The zero-order chi connectivity index (χ0) is 24.3. The van der Waals surface area contributed by atoms with Crippen molar-refractivity contribution in [2.24, 2.45) is 0 Å². The maximum Gasteiger partial charge on any atom is 0.416 e. The summed E-state index contributed by atoms with van der Waals surface area (Å²) in [5.74, 6) is 0.683. The van der Waals surface area contributed by atoms with E-state index >= 15 is 0 Å². The quantitative estimate of drug-likeness (QED) is 0.468. The summed E-state index contributed by atoms with van der Waals surface area (Å²) in [6, 6.07) is 10.5. The van der Waals surface area contributed by atoms with Crippen LogP contribution in [-0.2, 0) is 6.18 Å². The molecule has 2 heterocycles. The zero-order valence-corrected chi connectivity index (χ0v) is 20.1. The van der Waals surface area contributed by atoms with E-state index in [4.69, 9.17) is 17.0 Å². The van der Waals surface area contributed by atoms with Gasteiger partial charge in [0.25, 0.3) is 0 Å². The van der Waals surface area contributed by atoms with Crippen LogP contribution in [0.15, 0.2) is 42.5 Å². The number of nitrogens with zero attached hydrogens (tertiary/aromatic N) is 3. The first-order chi connectivity index (χ1) is 16.2. The average Bonchev–Trinajstić information content (AvgIpc) is 3.18. The molecule has 2 N–H and O–H groups in total. The lowest BCUT2D eigenvalue weighted by molar-refractivity contribution is -0.137. The summed E-state index contributed by atoms with van der Waals surface area (Å²) >= 11 is 6.97. The number of aliphatic hydroxyl groups is 1. The molecule has 0 unspecified atom stereocenters. The minimum Gasteiger partial charge on any atom is -0.491 e. The molecule has 182 valence electrons. The van der Waals surface area contributed by atoms with Crippen LogP contribution in [0.4, 0.5) is 13.2 Å². The van der Waals surface area contributed by atoms with Gasteiger partial charge in [0.2, 0.25) is 0 Å². The highest BCUT2D eigenvalue weighted by Gasteiger charge is 2.30. The number of thiocarbonyl (C=S) groups is 1. The number of β-amino-alcohol motifs (C(OH)–C–C–N with tert-alkyl or cyclic N) is 1. The number of ether oxygens (including phenoxy) is 1. The maximum absolute atomic E-state index is 12.7. The molecule has 0 saturated carbocycles. The van der Waals surface area contributed by atoms with Gasteiger partial charge in [-0.3, -0.25) is 4.90 Å². The van der Waals surface area contributed by atoms with Gasteiger partial charge in [0.05, 0.1) is 20.8 Å². The van der Waals surface area contributed by atoms with Crippen molar-refractivity contribution in [2.45, 2.75) is 19.2 Å². The summed E-state index contributed by atoms with van der Waals surface area (Å²) in [7, 11) is 0. The molecular weight excluding hydrogens is 485 g/mol. The van der Waals surface area contributed by atoms with E-state index in [0.29, 0.717) is 49.0 Å². The lowest BCUT2D eigenvalue weighted by atomic mass is 10.1. The van der Waals surface area contributed by atoms with Crippen LogP contribution < -0.4 is 10.2 Å². The molecule has 11 heteroatoms. The van der Waals surface area contributed by atoms with E-state index in [0.717, 1.165) is 27.4 Å². The molecule has 4 rings (SSSR count). The van der Waals surface area contributed by atoms with Crippen LogP contribution in [0, 0.1) is 6.92 Å². The van der Waals surface area contributed by atoms with Crippen LogP contribution in [0.1, 0.15) is 16.1 Å². The number of hydrogen-bond donors (Lipinski definition) is 2. The van der Waals surface area contributed by atoms with Crippen LogP contribution >= 0.6 is 23.6 Å². The number of fused-ring (bicyclic) bond motifs is 1. The van der Waals surface area contributed by atoms with Gasteiger partial charge in [-0.1, -0.05) is 24.4 Å². The fraction of sp³-hybridized carbons (Fsp3) is 0.391. The molecule has 0 bridgehead atoms. The fourth-order valence-corrected chi connectivity index (χ4v) is 4.79. The number of hydrogen-bond acceptors (Lipinski definition) is 7. The Balaban J connectivity index is 1.19. The molecular formula is C23H25F3N4O2S2. The van der Waals surface area contributed by atoms with Crippen LogP contribution in [0.3, 0.4) is 0 Å². The summed E-state index contributed by atoms with van der Waals surface area (Å²) < 4.78 is 45.0. The average molecular weight is 511 g/mol. The number of aliphatic hydroxyl groups excluding tert-OH is 1. The number of hydrazine groups is 1. The van der Waals surface area contributed by atoms with Gasteiger partial charge in [-0.05, 0) is 31.2 Å². The molecule has 1 saturated heterocycles. The number of rotatable bonds is 7. The van der Waals surface area contributed by atoms with E-state index in [2.05, 4.69) is 15.3 Å². The number of aromatic nitrogens is 1. The topological polar surface area (TPSA) is 60.9 Å². The largest absolute Gasteiger partial charge is 0.491 e. The van der Waals surface area contributed by atoms with Crippen molar-refractivity contribution in [2.75, 3.05) is 39.3 Å². The maximum atomic E-state index is 12.7. The SMILES string of the molecule is Cc1nc2cc(OC[C@H](O)CN3CCN(NC(=S)c4ccc(C(F)(F)F)cc4)CC3)ccc2s1. The molecule has 1 atom stereocenters. The van der Waals surface area contributed by atoms with Crippen molar-refractivity contribution in [3.05, 3.63) is 58.6 Å². The first-order valence-electron chi connectivity index (χ1n) is 10.8. The Hall–Kier alpha value is -2.31. The molecule has 3 aromatic rings. The molecule has 1 aliphatic heterocycles. The Kier molecular flexibility index (Phi) is 7.68. The zero-order valence-electron chi connectivity index (χ0n) is 18.5. The molecule has 2 aromatic carbocycles. The summed E-state index contributed by atoms with van der Waals surface area (Å²) in [5.41, 5.74) is 3.82. The number of benzene rings is 2. The molecule has 6 nitrogen and oxygen atoms in total. The van der Waals surface area contributed by atoms with Gasteiger partial charge in [0, 0.05) is 44.4 Å². The second-order valence-electron chi connectivity index (χ2n) is 8.13. The second-order valence-corrected chi connectivity index (χ2v) is 9.77. The molecule has 0 radical (unpaired) electrons. The monoisotopic (exact) mass is 510 g/mol. The van der Waals surface area contributed by atoms with E-state index in [1.165, 1.54) is 12.1 Å². The first kappa shape index (κ1) is 24.8. The molecule has 0 amide bonds. The molecule has 34 heavy (non-hydrogen) atoms. The normalized spacial score (nSPS) is 16.5. The van der Waals surface area contributed by atoms with E-state index in [1.54, 1.807) is 11.3 Å². The third-order valence-electron chi connectivity index (χ3n) is 5.48. The summed E-state index contributed by atoms with van der Waals surface area (Å²) in [6.45, 7) is 5.38. The van der Waals surface area contributed by atoms with Gasteiger partial charge >= 0.3 is 6.18 Å². The van der Waals surface area contributed by atoms with Crippen LogP contribution in [-0.4, -0.2) is 70.4 Å². The Morgan fingerprint density at radius 3 is 2.56 bits per heavy atom. The summed E-state index contributed by atoms with van der Waals surface area (Å²) in [5, 5.41) is 13.3. The highest BCUT2D eigenvalue weighted by molar-refractivity contribution is 7.80. The van der Waals surface area contributed by atoms with Crippen molar-refractivity contribution in [1.29, 1.82) is 0 Å². The van der Waals surface area contributed by atoms with Crippen molar-refractivity contribution in [3.8, 4) is 5.75 Å². The van der Waals surface area contributed by atoms with Crippen LogP contribution in [0.5, 0.6) is 5.75 Å². The molecule has 1 aliphatic rings. The molecule has 0 spiro atoms. The number of nitrogens with one attached hydrogen (secondary N) is 1. The van der Waals surface area contributed by atoms with Gasteiger partial charge in [-0.15, -0.1) is 11.3 Å². The number of thiazole rings is 1. The van der Waals surface area contributed by atoms with Crippen LogP contribution in [0.25, 0.3) is 10.2 Å². The van der Waals surface area contributed by atoms with E-state index < -0.39 is 17.8 Å². The Bertz CT molecular complexity index is 1130. The second kappa shape index (κ2) is 10.5. The van der Waals surface area contributed by atoms with Crippen molar-refractivity contribution < 1.29 is 23.0 Å². The van der Waals surface area contributed by atoms with Gasteiger partial charge in [-0.25, -0.2) is 9.99 Å². The van der Waals surface area contributed by atoms with Crippen molar-refractivity contribution in [1.82, 2.24) is 20.3 Å². The highest BCUT2D eigenvalue weighted by Crippen LogP contribution is 2.29. The lowest BCUT2D eigenvalue weighted by Crippen LogP contribution is -2.54. The van der Waals surface area contributed by atoms with Gasteiger partial charge < -0.3 is 15.3 Å². The van der Waals surface area contributed by atoms with Crippen molar-refractivity contribution >= 4 is 38.8 Å². The predicted octanol–water partition coefficient (Wildman–Crippen LogP) is 3.86. The number of aryl methyl sites for hydroxylation is 1. The third-order valence-corrected chi connectivity index (χ3v) is 6.76. The Morgan fingerprint density at radius 1 is 1.18 bits per heavy atom. The predicted molar refractivity (Wildman–Crippen MR) is 130 cm³/mol. The van der Waals surface area contributed by atoms with Gasteiger partial charge in [0.15, 0.2) is 0 Å².